The molecule has 1 aliphatic rings. The van der Waals surface area contributed by atoms with Crippen molar-refractivity contribution < 1.29 is 10.2 Å². The van der Waals surface area contributed by atoms with Crippen LogP contribution in [0.1, 0.15) is 12.5 Å². The standard InChI is InChI=1S/C12H15N5O3/c1-5-7(2-6(3-18)9(5)19)17-4-14-8-10(17)15-12(13)16-11(8)20/h4,6-7,9,18-19H,1-3H2,(H3,13,15,16,20). The second-order valence-electron chi connectivity index (χ2n) is 4.99. The maximum atomic E-state index is 11.7. The summed E-state index contributed by atoms with van der Waals surface area (Å²) in [6, 6.07) is -0.263. The second-order valence-corrected chi connectivity index (χ2v) is 4.99. The fourth-order valence-corrected chi connectivity index (χ4v) is 2.70. The molecule has 2 aromatic heterocycles. The summed E-state index contributed by atoms with van der Waals surface area (Å²) in [5, 5.41) is 19.3. The Morgan fingerprint density at radius 3 is 3.00 bits per heavy atom. The molecular formula is C12H15N5O3. The number of aromatic amines is 1. The Morgan fingerprint density at radius 2 is 2.35 bits per heavy atom. The number of aromatic nitrogens is 4. The number of nitrogens with one attached hydrogen (secondary N) is 1. The smallest absolute Gasteiger partial charge is 0.280 e. The summed E-state index contributed by atoms with van der Waals surface area (Å²) in [4.78, 5) is 22.2. The lowest BCUT2D eigenvalue weighted by atomic mass is 10.1. The zero-order chi connectivity index (χ0) is 14.4. The predicted molar refractivity (Wildman–Crippen MR) is 71.9 cm³/mol. The Labute approximate surface area is 113 Å². The first-order chi connectivity index (χ1) is 9.52. The number of imidazole rings is 1. The molecule has 0 amide bonds. The van der Waals surface area contributed by atoms with Crippen LogP contribution in [0.4, 0.5) is 5.95 Å². The first-order valence-corrected chi connectivity index (χ1v) is 6.23. The second kappa shape index (κ2) is 4.43. The summed E-state index contributed by atoms with van der Waals surface area (Å²) in [6.45, 7) is 3.74. The summed E-state index contributed by atoms with van der Waals surface area (Å²) in [5.74, 6) is -0.267. The van der Waals surface area contributed by atoms with Gasteiger partial charge in [0.15, 0.2) is 11.2 Å². The maximum Gasteiger partial charge on any atom is 0.280 e. The van der Waals surface area contributed by atoms with Gasteiger partial charge in [-0.15, -0.1) is 0 Å². The molecule has 0 bridgehead atoms. The van der Waals surface area contributed by atoms with E-state index in [1.165, 1.54) is 6.33 Å². The van der Waals surface area contributed by atoms with E-state index in [1.807, 2.05) is 0 Å². The Hall–Kier alpha value is -2.19. The highest BCUT2D eigenvalue weighted by molar-refractivity contribution is 5.70. The quantitative estimate of drug-likeness (QED) is 0.530. The van der Waals surface area contributed by atoms with E-state index in [2.05, 4.69) is 21.5 Å². The number of hydrogen-bond donors (Lipinski definition) is 4. The highest BCUT2D eigenvalue weighted by Gasteiger charge is 2.37. The number of nitrogens with zero attached hydrogens (tertiary/aromatic N) is 3. The first-order valence-electron chi connectivity index (χ1n) is 6.23. The van der Waals surface area contributed by atoms with Gasteiger partial charge in [-0.1, -0.05) is 6.58 Å². The number of nitrogens with two attached hydrogens (primary N) is 1. The van der Waals surface area contributed by atoms with Gasteiger partial charge in [0.25, 0.3) is 5.56 Å². The van der Waals surface area contributed by atoms with Crippen molar-refractivity contribution in [1.29, 1.82) is 0 Å². The minimum Gasteiger partial charge on any atom is -0.396 e. The van der Waals surface area contributed by atoms with E-state index in [-0.39, 0.29) is 30.0 Å². The molecule has 0 radical (unpaired) electrons. The van der Waals surface area contributed by atoms with Crippen LogP contribution < -0.4 is 11.3 Å². The van der Waals surface area contributed by atoms with Crippen LogP contribution >= 0.6 is 0 Å². The maximum absolute atomic E-state index is 11.7. The lowest BCUT2D eigenvalue weighted by Gasteiger charge is -2.14. The van der Waals surface area contributed by atoms with Gasteiger partial charge in [-0.3, -0.25) is 9.78 Å². The molecule has 2 heterocycles. The van der Waals surface area contributed by atoms with Gasteiger partial charge in [0.2, 0.25) is 5.95 Å². The van der Waals surface area contributed by atoms with Crippen molar-refractivity contribution in [2.75, 3.05) is 12.3 Å². The van der Waals surface area contributed by atoms with Gasteiger partial charge in [-0.25, -0.2) is 4.98 Å². The van der Waals surface area contributed by atoms with E-state index in [0.717, 1.165) is 0 Å². The number of aliphatic hydroxyl groups is 2. The largest absolute Gasteiger partial charge is 0.396 e. The highest BCUT2D eigenvalue weighted by Crippen LogP contribution is 2.39. The fourth-order valence-electron chi connectivity index (χ4n) is 2.70. The average molecular weight is 277 g/mol. The van der Waals surface area contributed by atoms with Crippen molar-refractivity contribution in [3.63, 3.8) is 0 Å². The molecule has 106 valence electrons. The van der Waals surface area contributed by atoms with Crippen LogP contribution in [0.25, 0.3) is 11.2 Å². The Bertz CT molecular complexity index is 734. The molecule has 1 fully saturated rings. The number of fused-ring (bicyclic) bond motifs is 1. The number of aliphatic hydroxyl groups excluding tert-OH is 2. The minimum absolute atomic E-state index is 0.00659. The third-order valence-corrected chi connectivity index (χ3v) is 3.80. The fraction of sp³-hybridized carbons (Fsp3) is 0.417. The predicted octanol–water partition coefficient (Wildman–Crippen LogP) is -0.828. The van der Waals surface area contributed by atoms with Crippen molar-refractivity contribution in [1.82, 2.24) is 19.5 Å². The molecule has 1 saturated carbocycles. The van der Waals surface area contributed by atoms with Crippen molar-refractivity contribution in [2.24, 2.45) is 5.92 Å². The summed E-state index contributed by atoms with van der Waals surface area (Å²) in [5.41, 5.74) is 6.25. The van der Waals surface area contributed by atoms with E-state index in [9.17, 15) is 15.0 Å². The number of nitrogen functional groups attached to an aromatic ring is 1. The van der Waals surface area contributed by atoms with Crippen LogP contribution in [0.3, 0.4) is 0 Å². The molecule has 3 rings (SSSR count). The van der Waals surface area contributed by atoms with Crippen molar-refractivity contribution in [2.45, 2.75) is 18.6 Å². The molecular weight excluding hydrogens is 262 g/mol. The Morgan fingerprint density at radius 1 is 1.60 bits per heavy atom. The van der Waals surface area contributed by atoms with Gasteiger partial charge in [0.05, 0.1) is 18.5 Å². The minimum atomic E-state index is -0.776. The van der Waals surface area contributed by atoms with Gasteiger partial charge in [-0.05, 0) is 12.0 Å². The topological polar surface area (TPSA) is 130 Å². The van der Waals surface area contributed by atoms with Crippen LogP contribution in [0.2, 0.25) is 0 Å². The van der Waals surface area contributed by atoms with Crippen molar-refractivity contribution >= 4 is 17.1 Å². The van der Waals surface area contributed by atoms with Crippen LogP contribution in [0.15, 0.2) is 23.3 Å². The van der Waals surface area contributed by atoms with E-state index < -0.39 is 11.7 Å². The summed E-state index contributed by atoms with van der Waals surface area (Å²) in [6.07, 6.45) is 1.21. The number of hydrogen-bond acceptors (Lipinski definition) is 6. The monoisotopic (exact) mass is 277 g/mol. The van der Waals surface area contributed by atoms with Crippen LogP contribution in [-0.2, 0) is 0 Å². The van der Waals surface area contributed by atoms with E-state index in [1.54, 1.807) is 4.57 Å². The molecule has 0 aliphatic heterocycles. The molecule has 3 atom stereocenters. The van der Waals surface area contributed by atoms with Gasteiger partial charge < -0.3 is 20.5 Å². The van der Waals surface area contributed by atoms with Gasteiger partial charge in [0, 0.05) is 12.5 Å². The third-order valence-electron chi connectivity index (χ3n) is 3.80. The molecule has 1 aliphatic carbocycles. The SMILES string of the molecule is C=C1C(O)C(CO)CC1n1cnc2c(=O)[nH]c(N)nc21. The molecule has 3 unspecified atom stereocenters. The zero-order valence-corrected chi connectivity index (χ0v) is 10.7. The molecule has 20 heavy (non-hydrogen) atoms. The van der Waals surface area contributed by atoms with E-state index in [4.69, 9.17) is 5.73 Å². The molecule has 0 saturated heterocycles. The van der Waals surface area contributed by atoms with Gasteiger partial charge in [0.1, 0.15) is 0 Å². The molecule has 8 heteroatoms. The first kappa shape index (κ1) is 12.8. The van der Waals surface area contributed by atoms with Crippen LogP contribution in [0, 0.1) is 5.92 Å². The van der Waals surface area contributed by atoms with Crippen molar-refractivity contribution in [3.05, 3.63) is 28.8 Å². The van der Waals surface area contributed by atoms with Gasteiger partial charge in [-0.2, -0.15) is 4.98 Å². The van der Waals surface area contributed by atoms with Crippen molar-refractivity contribution in [3.8, 4) is 0 Å². The number of anilines is 1. The average Bonchev–Trinajstić information content (AvgIpc) is 2.93. The van der Waals surface area contributed by atoms with Gasteiger partial charge >= 0.3 is 0 Å². The number of rotatable bonds is 2. The van der Waals surface area contributed by atoms with E-state index in [0.29, 0.717) is 17.6 Å². The van der Waals surface area contributed by atoms with E-state index >= 15 is 0 Å². The van der Waals surface area contributed by atoms with Crippen LogP contribution in [-0.4, -0.2) is 42.4 Å². The molecule has 2 aromatic rings. The van der Waals surface area contributed by atoms with Crippen LogP contribution in [0.5, 0.6) is 0 Å². The summed E-state index contributed by atoms with van der Waals surface area (Å²) < 4.78 is 1.67. The molecule has 0 spiro atoms. The Balaban J connectivity index is 2.12. The molecule has 0 aromatic carbocycles. The zero-order valence-electron chi connectivity index (χ0n) is 10.7. The lowest BCUT2D eigenvalue weighted by Crippen LogP contribution is -2.17. The summed E-state index contributed by atoms with van der Waals surface area (Å²) in [7, 11) is 0. The third kappa shape index (κ3) is 1.73. The molecule has 8 nitrogen and oxygen atoms in total. The number of H-pyrrole nitrogens is 1. The Kier molecular flexibility index (Phi) is 2.84. The summed E-state index contributed by atoms with van der Waals surface area (Å²) >= 11 is 0. The highest BCUT2D eigenvalue weighted by atomic mass is 16.3. The normalized spacial score (nSPS) is 26.5. The molecule has 5 N–H and O–H groups in total. The lowest BCUT2D eigenvalue weighted by molar-refractivity contribution is 0.111.